The second-order valence-electron chi connectivity index (χ2n) is 7.80. The fourth-order valence-corrected chi connectivity index (χ4v) is 3.86. The first kappa shape index (κ1) is 14.8. The summed E-state index contributed by atoms with van der Waals surface area (Å²) in [5, 5.41) is 3.59. The molecule has 1 aromatic rings. The minimum Gasteiger partial charge on any atom is -0.304 e. The van der Waals surface area contributed by atoms with Crippen molar-refractivity contribution in [3.8, 4) is 0 Å². The molecule has 1 aliphatic heterocycles. The van der Waals surface area contributed by atoms with Gasteiger partial charge < -0.3 is 5.32 Å². The molecule has 1 aliphatic carbocycles. The molecule has 3 atom stereocenters. The van der Waals surface area contributed by atoms with E-state index >= 15 is 0 Å². The van der Waals surface area contributed by atoms with Gasteiger partial charge in [-0.15, -0.1) is 0 Å². The first-order valence-electron chi connectivity index (χ1n) is 8.36. The van der Waals surface area contributed by atoms with E-state index in [0.717, 1.165) is 17.9 Å². The summed E-state index contributed by atoms with van der Waals surface area (Å²) in [4.78, 5) is 12.7. The van der Waals surface area contributed by atoms with Crippen LogP contribution in [0.4, 0.5) is 0 Å². The average Bonchev–Trinajstić information content (AvgIpc) is 2.89. The zero-order chi connectivity index (χ0) is 15.0. The molecule has 3 unspecified atom stereocenters. The lowest BCUT2D eigenvalue weighted by atomic mass is 9.84. The van der Waals surface area contributed by atoms with E-state index < -0.39 is 0 Å². The Kier molecular flexibility index (Phi) is 3.92. The van der Waals surface area contributed by atoms with Crippen LogP contribution in [0.2, 0.25) is 0 Å². The predicted octanol–water partition coefficient (Wildman–Crippen LogP) is 4.09. The monoisotopic (exact) mass is 285 g/mol. The van der Waals surface area contributed by atoms with Gasteiger partial charge in [-0.25, -0.2) is 0 Å². The van der Waals surface area contributed by atoms with E-state index in [9.17, 15) is 4.79 Å². The Morgan fingerprint density at radius 3 is 2.38 bits per heavy atom. The van der Waals surface area contributed by atoms with Crippen molar-refractivity contribution in [1.29, 1.82) is 0 Å². The third kappa shape index (κ3) is 3.06. The first-order valence-corrected chi connectivity index (χ1v) is 8.36. The van der Waals surface area contributed by atoms with E-state index in [1.165, 1.54) is 31.2 Å². The Morgan fingerprint density at radius 2 is 1.76 bits per heavy atom. The SMILES string of the molecule is CC(C)(C)c1ccc(C(=O)C2CC3CCCCC3N2)cc1. The summed E-state index contributed by atoms with van der Waals surface area (Å²) in [7, 11) is 0. The van der Waals surface area contributed by atoms with Crippen molar-refractivity contribution in [3.63, 3.8) is 0 Å². The van der Waals surface area contributed by atoms with Crippen molar-refractivity contribution in [2.24, 2.45) is 5.92 Å². The van der Waals surface area contributed by atoms with Gasteiger partial charge in [-0.05, 0) is 36.2 Å². The minimum atomic E-state index is 0.0404. The van der Waals surface area contributed by atoms with Crippen LogP contribution in [-0.2, 0) is 5.41 Å². The number of hydrogen-bond acceptors (Lipinski definition) is 2. The topological polar surface area (TPSA) is 29.1 Å². The molecule has 114 valence electrons. The van der Waals surface area contributed by atoms with Crippen molar-refractivity contribution in [1.82, 2.24) is 5.32 Å². The van der Waals surface area contributed by atoms with Crippen molar-refractivity contribution < 1.29 is 4.79 Å². The Labute approximate surface area is 128 Å². The maximum Gasteiger partial charge on any atom is 0.179 e. The Morgan fingerprint density at radius 1 is 1.10 bits per heavy atom. The molecule has 2 fully saturated rings. The molecular formula is C19H27NO. The molecule has 2 aliphatic rings. The molecule has 2 heteroatoms. The molecule has 0 aromatic heterocycles. The molecule has 0 amide bonds. The van der Waals surface area contributed by atoms with Gasteiger partial charge in [0.2, 0.25) is 0 Å². The van der Waals surface area contributed by atoms with Crippen LogP contribution in [0.25, 0.3) is 0 Å². The summed E-state index contributed by atoms with van der Waals surface area (Å²) >= 11 is 0. The number of rotatable bonds is 2. The highest BCUT2D eigenvalue weighted by Gasteiger charge is 2.38. The van der Waals surface area contributed by atoms with E-state index in [-0.39, 0.29) is 17.2 Å². The van der Waals surface area contributed by atoms with E-state index in [0.29, 0.717) is 6.04 Å². The van der Waals surface area contributed by atoms with Gasteiger partial charge in [0, 0.05) is 11.6 Å². The number of benzene rings is 1. The third-order valence-electron chi connectivity index (χ3n) is 5.21. The second kappa shape index (κ2) is 5.57. The molecule has 0 radical (unpaired) electrons. The average molecular weight is 285 g/mol. The summed E-state index contributed by atoms with van der Waals surface area (Å²) in [5.41, 5.74) is 2.29. The standard InChI is InChI=1S/C19H27NO/c1-19(2,3)15-10-8-13(9-11-15)18(21)17-12-14-6-4-5-7-16(14)20-17/h8-11,14,16-17,20H,4-7,12H2,1-3H3. The first-order chi connectivity index (χ1) is 9.95. The molecule has 0 spiro atoms. The Hall–Kier alpha value is -1.15. The lowest BCUT2D eigenvalue weighted by Gasteiger charge is -2.24. The fraction of sp³-hybridized carbons (Fsp3) is 0.632. The van der Waals surface area contributed by atoms with Crippen molar-refractivity contribution >= 4 is 5.78 Å². The second-order valence-corrected chi connectivity index (χ2v) is 7.80. The highest BCUT2D eigenvalue weighted by molar-refractivity contribution is 6.00. The molecule has 3 rings (SSSR count). The summed E-state index contributed by atoms with van der Waals surface area (Å²) in [6, 6.07) is 8.85. The largest absolute Gasteiger partial charge is 0.304 e. The summed E-state index contributed by atoms with van der Waals surface area (Å²) < 4.78 is 0. The van der Waals surface area contributed by atoms with Crippen molar-refractivity contribution in [2.45, 2.75) is 70.4 Å². The number of carbonyl (C=O) groups excluding carboxylic acids is 1. The summed E-state index contributed by atoms with van der Waals surface area (Å²) in [6.07, 6.45) is 6.23. The number of carbonyl (C=O) groups is 1. The van der Waals surface area contributed by atoms with Gasteiger partial charge in [-0.2, -0.15) is 0 Å². The van der Waals surface area contributed by atoms with Gasteiger partial charge in [0.1, 0.15) is 0 Å². The number of nitrogens with one attached hydrogen (secondary N) is 1. The van der Waals surface area contributed by atoms with Crippen molar-refractivity contribution in [3.05, 3.63) is 35.4 Å². The molecule has 1 saturated carbocycles. The highest BCUT2D eigenvalue weighted by Crippen LogP contribution is 2.34. The number of ketones is 1. The van der Waals surface area contributed by atoms with Crippen LogP contribution in [0.3, 0.4) is 0 Å². The summed E-state index contributed by atoms with van der Waals surface area (Å²) in [5.74, 6) is 1.01. The van der Waals surface area contributed by atoms with Crippen molar-refractivity contribution in [2.75, 3.05) is 0 Å². The van der Waals surface area contributed by atoms with Gasteiger partial charge in [0.25, 0.3) is 0 Å². The van der Waals surface area contributed by atoms with E-state index in [4.69, 9.17) is 0 Å². The smallest absolute Gasteiger partial charge is 0.179 e. The maximum atomic E-state index is 12.7. The van der Waals surface area contributed by atoms with Gasteiger partial charge in [0.05, 0.1) is 6.04 Å². The Balaban J connectivity index is 1.71. The summed E-state index contributed by atoms with van der Waals surface area (Å²) in [6.45, 7) is 6.60. The molecule has 1 aromatic carbocycles. The number of fused-ring (bicyclic) bond motifs is 1. The Bertz CT molecular complexity index is 497. The third-order valence-corrected chi connectivity index (χ3v) is 5.21. The molecular weight excluding hydrogens is 258 g/mol. The van der Waals surface area contributed by atoms with Crippen LogP contribution in [0.1, 0.15) is 68.8 Å². The van der Waals surface area contributed by atoms with Gasteiger partial charge in [0.15, 0.2) is 5.78 Å². The number of Topliss-reactive ketones (excluding diaryl/α,β-unsaturated/α-hetero) is 1. The lowest BCUT2D eigenvalue weighted by molar-refractivity contribution is 0.0949. The minimum absolute atomic E-state index is 0.0404. The molecule has 2 nitrogen and oxygen atoms in total. The van der Waals surface area contributed by atoms with Crippen LogP contribution >= 0.6 is 0 Å². The van der Waals surface area contributed by atoms with Gasteiger partial charge >= 0.3 is 0 Å². The van der Waals surface area contributed by atoms with Crippen LogP contribution in [0.5, 0.6) is 0 Å². The van der Waals surface area contributed by atoms with Crippen LogP contribution in [-0.4, -0.2) is 17.9 Å². The van der Waals surface area contributed by atoms with E-state index in [1.54, 1.807) is 0 Å². The van der Waals surface area contributed by atoms with E-state index in [2.05, 4.69) is 38.2 Å². The normalized spacial score (nSPS) is 29.2. The quantitative estimate of drug-likeness (QED) is 0.829. The molecule has 1 heterocycles. The zero-order valence-electron chi connectivity index (χ0n) is 13.5. The molecule has 0 bridgehead atoms. The van der Waals surface area contributed by atoms with Gasteiger partial charge in [-0.1, -0.05) is 57.9 Å². The van der Waals surface area contributed by atoms with E-state index in [1.807, 2.05) is 12.1 Å². The van der Waals surface area contributed by atoms with Crippen LogP contribution in [0, 0.1) is 5.92 Å². The lowest BCUT2D eigenvalue weighted by Crippen LogP contribution is -2.37. The molecule has 1 saturated heterocycles. The van der Waals surface area contributed by atoms with Crippen LogP contribution in [0.15, 0.2) is 24.3 Å². The number of hydrogen-bond donors (Lipinski definition) is 1. The molecule has 21 heavy (non-hydrogen) atoms. The molecule has 1 N–H and O–H groups in total. The van der Waals surface area contributed by atoms with Gasteiger partial charge in [-0.3, -0.25) is 4.79 Å². The highest BCUT2D eigenvalue weighted by atomic mass is 16.1. The maximum absolute atomic E-state index is 12.7. The zero-order valence-corrected chi connectivity index (χ0v) is 13.5. The fourth-order valence-electron chi connectivity index (χ4n) is 3.86. The predicted molar refractivity (Wildman–Crippen MR) is 86.8 cm³/mol. The van der Waals surface area contributed by atoms with Crippen LogP contribution < -0.4 is 5.32 Å².